The van der Waals surface area contributed by atoms with Crippen molar-refractivity contribution in [3.8, 4) is 32.6 Å². The van der Waals surface area contributed by atoms with Crippen LogP contribution in [-0.2, 0) is 6.42 Å². The zero-order valence-corrected chi connectivity index (χ0v) is 16.7. The van der Waals surface area contributed by atoms with Crippen LogP contribution in [0.25, 0.3) is 26.8 Å². The molecular weight excluding hydrogens is 448 g/mol. The molecule has 1 aliphatic heterocycles. The van der Waals surface area contributed by atoms with E-state index in [0.717, 1.165) is 43.6 Å². The Morgan fingerprint density at radius 3 is 2.86 bits per heavy atom. The molecule has 28 heavy (non-hydrogen) atoms. The Balaban J connectivity index is 1.64. The van der Waals surface area contributed by atoms with E-state index in [2.05, 4.69) is 26.0 Å². The molecule has 2 aromatic carbocycles. The van der Waals surface area contributed by atoms with Gasteiger partial charge in [0.25, 0.3) is 0 Å². The Labute approximate surface area is 171 Å². The van der Waals surface area contributed by atoms with Gasteiger partial charge in [-0.3, -0.25) is 0 Å². The van der Waals surface area contributed by atoms with Gasteiger partial charge in [0.1, 0.15) is 23.6 Å². The van der Waals surface area contributed by atoms with E-state index in [0.29, 0.717) is 12.4 Å². The Morgan fingerprint density at radius 2 is 2.00 bits per heavy atom. The van der Waals surface area contributed by atoms with Crippen molar-refractivity contribution in [1.82, 2.24) is 14.8 Å². The Bertz CT molecular complexity index is 1200. The topological polar surface area (TPSA) is 39.9 Å². The van der Waals surface area contributed by atoms with Crippen LogP contribution in [0.4, 0.5) is 8.78 Å². The second kappa shape index (κ2) is 6.79. The predicted octanol–water partition coefficient (Wildman–Crippen LogP) is 5.64. The number of halogens is 3. The summed E-state index contributed by atoms with van der Waals surface area (Å²) in [4.78, 5) is 6.29. The monoisotopic (exact) mass is 459 g/mol. The fourth-order valence-corrected chi connectivity index (χ4v) is 4.83. The van der Waals surface area contributed by atoms with Crippen LogP contribution in [0.5, 0.6) is 5.75 Å². The van der Waals surface area contributed by atoms with E-state index in [9.17, 15) is 8.78 Å². The minimum Gasteiger partial charge on any atom is -0.493 e. The van der Waals surface area contributed by atoms with E-state index in [-0.39, 0.29) is 5.69 Å². The number of aromatic nitrogens is 3. The van der Waals surface area contributed by atoms with Crippen LogP contribution in [0, 0.1) is 11.6 Å². The fraction of sp³-hybridized carbons (Fsp3) is 0.100. The molecule has 2 aromatic heterocycles. The highest BCUT2D eigenvalue weighted by molar-refractivity contribution is 9.10. The summed E-state index contributed by atoms with van der Waals surface area (Å²) in [6, 6.07) is 11.4. The van der Waals surface area contributed by atoms with Crippen LogP contribution >= 0.6 is 27.3 Å². The van der Waals surface area contributed by atoms with Crippen molar-refractivity contribution < 1.29 is 13.5 Å². The molecule has 4 nitrogen and oxygen atoms in total. The Kier molecular flexibility index (Phi) is 4.25. The maximum absolute atomic E-state index is 14.3. The van der Waals surface area contributed by atoms with E-state index in [1.807, 2.05) is 24.3 Å². The van der Waals surface area contributed by atoms with Gasteiger partial charge in [-0.1, -0.05) is 15.9 Å². The summed E-state index contributed by atoms with van der Waals surface area (Å²) in [5, 5.41) is 4.15. The Hall–Kier alpha value is -2.58. The first-order chi connectivity index (χ1) is 13.6. The summed E-state index contributed by atoms with van der Waals surface area (Å²) >= 11 is 5.04. The number of fused-ring (bicyclic) bond motifs is 3. The third-order valence-corrected chi connectivity index (χ3v) is 6.23. The van der Waals surface area contributed by atoms with Crippen molar-refractivity contribution in [2.75, 3.05) is 6.61 Å². The van der Waals surface area contributed by atoms with Crippen LogP contribution in [0.3, 0.4) is 0 Å². The minimum atomic E-state index is -0.687. The maximum atomic E-state index is 14.3. The van der Waals surface area contributed by atoms with Gasteiger partial charge in [0.15, 0.2) is 11.6 Å². The summed E-state index contributed by atoms with van der Waals surface area (Å²) in [6.07, 6.45) is 2.13. The van der Waals surface area contributed by atoms with Crippen LogP contribution < -0.4 is 4.74 Å². The van der Waals surface area contributed by atoms with Crippen molar-refractivity contribution in [2.45, 2.75) is 6.42 Å². The van der Waals surface area contributed by atoms with Crippen molar-refractivity contribution in [3.05, 3.63) is 70.5 Å². The zero-order chi connectivity index (χ0) is 19.3. The number of rotatable bonds is 2. The first-order valence-electron chi connectivity index (χ1n) is 8.51. The molecule has 140 valence electrons. The average molecular weight is 460 g/mol. The van der Waals surface area contributed by atoms with Crippen LogP contribution in [0.1, 0.15) is 5.56 Å². The van der Waals surface area contributed by atoms with Crippen LogP contribution in [0.15, 0.2) is 53.3 Å². The molecule has 8 heteroatoms. The normalized spacial score (nSPS) is 12.8. The number of thiophene rings is 1. The Morgan fingerprint density at radius 1 is 1.11 bits per heavy atom. The standard InChI is InChI=1S/C20H12BrF2N3OS/c21-12-1-3-14-17(8-12)27-6-5-11-7-18(28-19(11)14)20-24-10-25-26(20)16-4-2-13(22)9-15(16)23/h1-4,7-10H,5-6H2. The van der Waals surface area contributed by atoms with Crippen molar-refractivity contribution in [3.63, 3.8) is 0 Å². The third kappa shape index (κ3) is 2.93. The van der Waals surface area contributed by atoms with Gasteiger partial charge in [0, 0.05) is 27.4 Å². The van der Waals surface area contributed by atoms with Gasteiger partial charge in [0.2, 0.25) is 0 Å². The number of benzene rings is 2. The summed E-state index contributed by atoms with van der Waals surface area (Å²) in [5.41, 5.74) is 2.33. The highest BCUT2D eigenvalue weighted by Gasteiger charge is 2.22. The molecule has 4 aromatic rings. The van der Waals surface area contributed by atoms with Gasteiger partial charge in [-0.2, -0.15) is 5.10 Å². The molecule has 1 aliphatic rings. The molecule has 0 spiro atoms. The van der Waals surface area contributed by atoms with Crippen molar-refractivity contribution in [2.24, 2.45) is 0 Å². The lowest BCUT2D eigenvalue weighted by Gasteiger charge is -2.08. The van der Waals surface area contributed by atoms with Gasteiger partial charge >= 0.3 is 0 Å². The maximum Gasteiger partial charge on any atom is 0.173 e. The molecule has 0 saturated carbocycles. The van der Waals surface area contributed by atoms with Crippen molar-refractivity contribution >= 4 is 27.3 Å². The first-order valence-corrected chi connectivity index (χ1v) is 10.1. The van der Waals surface area contributed by atoms with E-state index in [1.54, 1.807) is 11.3 Å². The lowest BCUT2D eigenvalue weighted by Crippen LogP contribution is -2.02. The zero-order valence-electron chi connectivity index (χ0n) is 14.3. The number of hydrogen-bond donors (Lipinski definition) is 0. The van der Waals surface area contributed by atoms with Gasteiger partial charge in [-0.25, -0.2) is 18.4 Å². The average Bonchev–Trinajstić information content (AvgIpc) is 3.26. The smallest absolute Gasteiger partial charge is 0.173 e. The molecule has 0 radical (unpaired) electrons. The van der Waals surface area contributed by atoms with E-state index in [4.69, 9.17) is 4.74 Å². The summed E-state index contributed by atoms with van der Waals surface area (Å²) < 4.78 is 35.8. The lowest BCUT2D eigenvalue weighted by molar-refractivity contribution is 0.326. The molecule has 0 N–H and O–H groups in total. The van der Waals surface area contributed by atoms with Gasteiger partial charge in [-0.15, -0.1) is 11.3 Å². The largest absolute Gasteiger partial charge is 0.493 e. The third-order valence-electron chi connectivity index (χ3n) is 4.53. The quantitative estimate of drug-likeness (QED) is 0.389. The molecule has 0 amide bonds. The number of nitrogens with zero attached hydrogens (tertiary/aromatic N) is 3. The van der Waals surface area contributed by atoms with Gasteiger partial charge in [-0.05, 0) is 42.0 Å². The predicted molar refractivity (Wildman–Crippen MR) is 107 cm³/mol. The van der Waals surface area contributed by atoms with Gasteiger partial charge < -0.3 is 4.74 Å². The highest BCUT2D eigenvalue weighted by Crippen LogP contribution is 2.44. The van der Waals surface area contributed by atoms with E-state index < -0.39 is 11.6 Å². The van der Waals surface area contributed by atoms with Crippen LogP contribution in [0.2, 0.25) is 0 Å². The number of ether oxygens (including phenoxy) is 1. The molecule has 0 unspecified atom stereocenters. The second-order valence-corrected chi connectivity index (χ2v) is 8.26. The summed E-state index contributed by atoms with van der Waals surface area (Å²) in [6.45, 7) is 0.575. The molecule has 0 atom stereocenters. The number of hydrogen-bond acceptors (Lipinski definition) is 4. The van der Waals surface area contributed by atoms with E-state index in [1.165, 1.54) is 23.1 Å². The molecular formula is C20H12BrF2N3OS. The molecule has 0 fully saturated rings. The fourth-order valence-electron chi connectivity index (χ4n) is 3.27. The molecule has 5 rings (SSSR count). The molecule has 0 bridgehead atoms. The SMILES string of the molecule is Fc1ccc(-n2ncnc2-c2cc3c(s2)-c2ccc(Br)cc2OCC3)c(F)c1. The summed E-state index contributed by atoms with van der Waals surface area (Å²) in [5.74, 6) is 0.0257. The molecule has 0 aliphatic carbocycles. The highest BCUT2D eigenvalue weighted by atomic mass is 79.9. The molecule has 3 heterocycles. The lowest BCUT2D eigenvalue weighted by atomic mass is 10.1. The van der Waals surface area contributed by atoms with E-state index >= 15 is 0 Å². The van der Waals surface area contributed by atoms with Gasteiger partial charge in [0.05, 0.1) is 11.5 Å². The minimum absolute atomic E-state index is 0.158. The first kappa shape index (κ1) is 17.5. The van der Waals surface area contributed by atoms with Crippen LogP contribution in [-0.4, -0.2) is 21.4 Å². The molecule has 0 saturated heterocycles. The second-order valence-electron chi connectivity index (χ2n) is 6.30. The van der Waals surface area contributed by atoms with Crippen molar-refractivity contribution in [1.29, 1.82) is 0 Å². The summed E-state index contributed by atoms with van der Waals surface area (Å²) in [7, 11) is 0.